The van der Waals surface area contributed by atoms with Crippen molar-refractivity contribution < 1.29 is 5.48 Å². The van der Waals surface area contributed by atoms with E-state index in [0.717, 1.165) is 0 Å². The van der Waals surface area contributed by atoms with Gasteiger partial charge >= 0.3 is 0 Å². The molecule has 0 unspecified atom stereocenters. The van der Waals surface area contributed by atoms with Gasteiger partial charge in [0.2, 0.25) is 0 Å². The summed E-state index contributed by atoms with van der Waals surface area (Å²) in [4.78, 5) is 0. The molecule has 0 aromatic carbocycles. The van der Waals surface area contributed by atoms with Crippen LogP contribution in [0.2, 0.25) is 0 Å². The molecule has 0 radical (unpaired) electrons. The molecule has 0 fully saturated rings. The van der Waals surface area contributed by atoms with Crippen LogP contribution in [0.5, 0.6) is 0 Å². The van der Waals surface area contributed by atoms with Crippen LogP contribution in [-0.2, 0) is 0 Å². The molecule has 0 aromatic heterocycles. The maximum absolute atomic E-state index is 3.36. The number of allylic oxidation sites excluding steroid dienone is 1. The highest BCUT2D eigenvalue weighted by Crippen LogP contribution is 1.38. The third kappa shape index (κ3) is 119. The second kappa shape index (κ2) is 55.0. The van der Waals surface area contributed by atoms with Gasteiger partial charge in [-0.1, -0.05) is 13.5 Å². The average molecular weight is 76.1 g/mol. The summed E-state index contributed by atoms with van der Waals surface area (Å²) < 4.78 is 0. The van der Waals surface area contributed by atoms with Crippen LogP contribution in [0.1, 0.15) is 14.4 Å². The number of rotatable bonds is 0. The summed E-state index contributed by atoms with van der Waals surface area (Å²) >= 11 is 0. The SMILES string of the molecule is C.C=CC.O. The summed E-state index contributed by atoms with van der Waals surface area (Å²) in [6.45, 7) is 5.25. The standard InChI is InChI=1S/C3H6.CH4.H2O/c1-3-2;;/h3H,1H2,2H3;1H4;1H2. The van der Waals surface area contributed by atoms with Crippen molar-refractivity contribution >= 4 is 0 Å². The van der Waals surface area contributed by atoms with Crippen LogP contribution in [0.15, 0.2) is 12.7 Å². The van der Waals surface area contributed by atoms with E-state index in [1.54, 1.807) is 6.08 Å². The van der Waals surface area contributed by atoms with Crippen molar-refractivity contribution in [1.29, 1.82) is 0 Å². The molecule has 5 heavy (non-hydrogen) atoms. The average Bonchev–Trinajstić information content (AvgIpc) is 0.918. The third-order valence-corrected chi connectivity index (χ3v) is 0. The minimum Gasteiger partial charge on any atom is -0.412 e. The molecular formula is C4H12O. The van der Waals surface area contributed by atoms with Gasteiger partial charge in [0, 0.05) is 0 Å². The first-order valence-corrected chi connectivity index (χ1v) is 0.986. The van der Waals surface area contributed by atoms with Crippen molar-refractivity contribution in [3.8, 4) is 0 Å². The summed E-state index contributed by atoms with van der Waals surface area (Å²) in [6, 6.07) is 0. The molecule has 0 saturated heterocycles. The maximum Gasteiger partial charge on any atom is -0.0473 e. The van der Waals surface area contributed by atoms with Gasteiger partial charge in [-0.15, -0.1) is 6.58 Å². The van der Waals surface area contributed by atoms with Crippen molar-refractivity contribution in [2.45, 2.75) is 14.4 Å². The smallest absolute Gasteiger partial charge is 0.0473 e. The van der Waals surface area contributed by atoms with E-state index in [0.29, 0.717) is 0 Å². The van der Waals surface area contributed by atoms with Gasteiger partial charge in [-0.3, -0.25) is 0 Å². The van der Waals surface area contributed by atoms with E-state index in [1.165, 1.54) is 0 Å². The Morgan fingerprint density at radius 3 is 1.60 bits per heavy atom. The fraction of sp³-hybridized carbons (Fsp3) is 0.500. The predicted octanol–water partition coefficient (Wildman–Crippen LogP) is 1.00. The van der Waals surface area contributed by atoms with Gasteiger partial charge in [0.25, 0.3) is 0 Å². The summed E-state index contributed by atoms with van der Waals surface area (Å²) in [6.07, 6.45) is 1.75. The summed E-state index contributed by atoms with van der Waals surface area (Å²) in [7, 11) is 0. The van der Waals surface area contributed by atoms with Gasteiger partial charge in [-0.25, -0.2) is 0 Å². The van der Waals surface area contributed by atoms with E-state index in [2.05, 4.69) is 6.58 Å². The van der Waals surface area contributed by atoms with Gasteiger partial charge in [0.05, 0.1) is 0 Å². The van der Waals surface area contributed by atoms with Crippen molar-refractivity contribution in [2.75, 3.05) is 0 Å². The Labute approximate surface area is 33.6 Å². The molecule has 0 aromatic rings. The van der Waals surface area contributed by atoms with E-state index in [9.17, 15) is 0 Å². The molecule has 0 aliphatic rings. The molecule has 2 N–H and O–H groups in total. The number of hydrogen-bond donors (Lipinski definition) is 0. The first kappa shape index (κ1) is 22.3. The lowest BCUT2D eigenvalue weighted by Gasteiger charge is -1.31. The van der Waals surface area contributed by atoms with Crippen LogP contribution < -0.4 is 0 Å². The van der Waals surface area contributed by atoms with E-state index in [1.807, 2.05) is 6.92 Å². The summed E-state index contributed by atoms with van der Waals surface area (Å²) in [5, 5.41) is 0. The molecule has 0 spiro atoms. The van der Waals surface area contributed by atoms with Crippen molar-refractivity contribution in [3.63, 3.8) is 0 Å². The second-order valence-corrected chi connectivity index (χ2v) is 0.408. The Morgan fingerprint density at radius 2 is 1.60 bits per heavy atom. The number of hydrogen-bond acceptors (Lipinski definition) is 0. The van der Waals surface area contributed by atoms with E-state index in [4.69, 9.17) is 0 Å². The molecule has 0 bridgehead atoms. The molecule has 0 amide bonds. The highest BCUT2D eigenvalue weighted by Gasteiger charge is 1.15. The lowest BCUT2D eigenvalue weighted by molar-refractivity contribution is 0.824. The molecule has 0 heterocycles. The fourth-order valence-electron chi connectivity index (χ4n) is 0. The van der Waals surface area contributed by atoms with E-state index in [-0.39, 0.29) is 12.9 Å². The lowest BCUT2D eigenvalue weighted by atomic mass is 10.8. The van der Waals surface area contributed by atoms with Gasteiger partial charge in [-0.2, -0.15) is 0 Å². The second-order valence-electron chi connectivity index (χ2n) is 0.408. The molecular weight excluding hydrogens is 64.0 g/mol. The minimum atomic E-state index is 0. The molecule has 34 valence electrons. The van der Waals surface area contributed by atoms with Gasteiger partial charge < -0.3 is 5.48 Å². The van der Waals surface area contributed by atoms with Crippen LogP contribution in [0.4, 0.5) is 0 Å². The van der Waals surface area contributed by atoms with Crippen molar-refractivity contribution in [1.82, 2.24) is 0 Å². The van der Waals surface area contributed by atoms with Crippen LogP contribution >= 0.6 is 0 Å². The Morgan fingerprint density at radius 1 is 1.60 bits per heavy atom. The van der Waals surface area contributed by atoms with Crippen molar-refractivity contribution in [2.24, 2.45) is 0 Å². The molecule has 0 rings (SSSR count). The first-order chi connectivity index (χ1) is 1.41. The molecule has 1 heteroatoms. The molecule has 0 atom stereocenters. The Kier molecular flexibility index (Phi) is 245. The van der Waals surface area contributed by atoms with Crippen LogP contribution in [0.3, 0.4) is 0 Å². The highest BCUT2D eigenvalue weighted by molar-refractivity contribution is 4.51. The zero-order valence-corrected chi connectivity index (χ0v) is 2.78. The molecule has 0 saturated carbocycles. The summed E-state index contributed by atoms with van der Waals surface area (Å²) in [5.41, 5.74) is 0. The molecule has 0 aliphatic carbocycles. The minimum absolute atomic E-state index is 0. The van der Waals surface area contributed by atoms with Crippen LogP contribution in [0, 0.1) is 0 Å². The topological polar surface area (TPSA) is 31.5 Å². The van der Waals surface area contributed by atoms with Crippen molar-refractivity contribution in [3.05, 3.63) is 12.7 Å². The molecule has 0 aliphatic heterocycles. The zero-order chi connectivity index (χ0) is 2.71. The van der Waals surface area contributed by atoms with Crippen LogP contribution in [0.25, 0.3) is 0 Å². The quantitative estimate of drug-likeness (QED) is 0.385. The fourth-order valence-corrected chi connectivity index (χ4v) is 0. The van der Waals surface area contributed by atoms with Crippen LogP contribution in [-0.4, -0.2) is 5.48 Å². The highest BCUT2D eigenvalue weighted by atomic mass is 16.0. The van der Waals surface area contributed by atoms with Gasteiger partial charge in [0.15, 0.2) is 0 Å². The predicted molar refractivity (Wildman–Crippen MR) is 26.2 cm³/mol. The Balaban J connectivity index is -0.0000000200. The maximum atomic E-state index is 3.36. The lowest BCUT2D eigenvalue weighted by Crippen LogP contribution is -1.07. The first-order valence-electron chi connectivity index (χ1n) is 0.986. The molecule has 1 nitrogen and oxygen atoms in total. The van der Waals surface area contributed by atoms with E-state index < -0.39 is 0 Å². The van der Waals surface area contributed by atoms with E-state index >= 15 is 0 Å². The third-order valence-electron chi connectivity index (χ3n) is 0. The Hall–Kier alpha value is -0.300. The Bertz CT molecular complexity index is 11.1. The summed E-state index contributed by atoms with van der Waals surface area (Å²) in [5.74, 6) is 0. The zero-order valence-electron chi connectivity index (χ0n) is 2.78. The van der Waals surface area contributed by atoms with Gasteiger partial charge in [-0.05, 0) is 6.92 Å². The normalized spacial score (nSPS) is 2.60. The largest absolute Gasteiger partial charge is 0.412 e. The monoisotopic (exact) mass is 76.1 g/mol. The van der Waals surface area contributed by atoms with Gasteiger partial charge in [0.1, 0.15) is 0 Å².